The Morgan fingerprint density at radius 1 is 0.933 bits per heavy atom. The summed E-state index contributed by atoms with van der Waals surface area (Å²) >= 11 is 3.59. The topological polar surface area (TPSA) is 141 Å². The number of aromatic hydroxyl groups is 1. The van der Waals surface area contributed by atoms with E-state index in [1.165, 1.54) is 17.0 Å². The fourth-order valence-electron chi connectivity index (χ4n) is 6.17. The number of anilines is 1. The van der Waals surface area contributed by atoms with Gasteiger partial charge in [-0.3, -0.25) is 24.1 Å². The van der Waals surface area contributed by atoms with Crippen molar-refractivity contribution in [3.63, 3.8) is 0 Å². The van der Waals surface area contributed by atoms with Crippen LogP contribution in [0.3, 0.4) is 0 Å². The minimum atomic E-state index is -0.985. The summed E-state index contributed by atoms with van der Waals surface area (Å²) in [5, 5.41) is 16.6. The molecule has 3 amide bonds. The summed E-state index contributed by atoms with van der Waals surface area (Å²) in [6.07, 6.45) is 3.51. The summed E-state index contributed by atoms with van der Waals surface area (Å²) in [7, 11) is 0. The van der Waals surface area contributed by atoms with Gasteiger partial charge in [0.25, 0.3) is 0 Å². The standard InChI is InChI=1S/C34H39BrN4O6/c1-18-7-5-8-20(3)45-29(41)17-26(22-11-13-23(40)14-12-22)38-33(43)28-16-24-30-25(37-31(24)35)9-6-10-27(30)39(28)34(44)21(4)36-32(42)19(2)15-18/h6-7,9-14,19-21,26,28,37,40H,5,8,15-17H2,1-4H3,(H,36,42)(H,38,43). The molecule has 0 saturated carbocycles. The normalized spacial score (nSPS) is 25.7. The van der Waals surface area contributed by atoms with Gasteiger partial charge in [-0.05, 0) is 91.4 Å². The number of phenols is 1. The molecule has 0 bridgehead atoms. The first-order valence-corrected chi connectivity index (χ1v) is 16.1. The van der Waals surface area contributed by atoms with Gasteiger partial charge in [0.2, 0.25) is 17.7 Å². The molecule has 45 heavy (non-hydrogen) atoms. The summed E-state index contributed by atoms with van der Waals surface area (Å²) in [5.41, 5.74) is 3.84. The average molecular weight is 680 g/mol. The number of benzene rings is 2. The number of rotatable bonds is 1. The average Bonchev–Trinajstić information content (AvgIpc) is 3.31. The summed E-state index contributed by atoms with van der Waals surface area (Å²) < 4.78 is 6.43. The number of hydrogen-bond acceptors (Lipinski definition) is 6. The molecular formula is C34H39BrN4O6. The molecule has 11 heteroatoms. The Morgan fingerprint density at radius 2 is 1.67 bits per heavy atom. The number of amides is 3. The van der Waals surface area contributed by atoms with Crippen LogP contribution in [-0.4, -0.2) is 52.0 Å². The second-order valence-corrected chi connectivity index (χ2v) is 13.0. The molecule has 2 aliphatic heterocycles. The van der Waals surface area contributed by atoms with E-state index in [9.17, 15) is 24.3 Å². The number of esters is 1. The third kappa shape index (κ3) is 7.08. The van der Waals surface area contributed by atoms with E-state index < -0.39 is 35.9 Å². The summed E-state index contributed by atoms with van der Waals surface area (Å²) in [6.45, 7) is 7.24. The van der Waals surface area contributed by atoms with Crippen molar-refractivity contribution < 1.29 is 29.0 Å². The van der Waals surface area contributed by atoms with Crippen molar-refractivity contribution in [2.75, 3.05) is 4.90 Å². The lowest BCUT2D eigenvalue weighted by Crippen LogP contribution is -2.58. The van der Waals surface area contributed by atoms with Crippen LogP contribution in [0.4, 0.5) is 5.69 Å². The van der Waals surface area contributed by atoms with E-state index in [4.69, 9.17) is 4.74 Å². The predicted molar refractivity (Wildman–Crippen MR) is 175 cm³/mol. The lowest BCUT2D eigenvalue weighted by atomic mass is 9.94. The van der Waals surface area contributed by atoms with Gasteiger partial charge in [0.15, 0.2) is 0 Å². The first-order valence-electron chi connectivity index (χ1n) is 15.3. The zero-order valence-corrected chi connectivity index (χ0v) is 27.4. The van der Waals surface area contributed by atoms with Crippen LogP contribution in [0.2, 0.25) is 0 Å². The number of fused-ring (bicyclic) bond motifs is 2. The van der Waals surface area contributed by atoms with Gasteiger partial charge < -0.3 is 25.5 Å². The molecule has 2 aromatic carbocycles. The maximum atomic E-state index is 14.2. The molecule has 0 aliphatic carbocycles. The number of ether oxygens (including phenoxy) is 1. The quantitative estimate of drug-likeness (QED) is 0.202. The van der Waals surface area contributed by atoms with E-state index in [2.05, 4.69) is 31.5 Å². The van der Waals surface area contributed by atoms with Gasteiger partial charge in [-0.25, -0.2) is 0 Å². The Morgan fingerprint density at radius 3 is 2.40 bits per heavy atom. The number of allylic oxidation sites excluding steroid dienone is 2. The van der Waals surface area contributed by atoms with Crippen LogP contribution in [0.1, 0.15) is 70.5 Å². The minimum absolute atomic E-state index is 0.0491. The summed E-state index contributed by atoms with van der Waals surface area (Å²) in [6, 6.07) is 9.08. The Bertz CT molecular complexity index is 1650. The van der Waals surface area contributed by atoms with Gasteiger partial charge in [0, 0.05) is 23.2 Å². The van der Waals surface area contributed by atoms with Crippen molar-refractivity contribution >= 4 is 56.2 Å². The number of H-pyrrole nitrogens is 1. The number of hydrogen-bond donors (Lipinski definition) is 4. The molecule has 238 valence electrons. The lowest BCUT2D eigenvalue weighted by Gasteiger charge is -2.37. The minimum Gasteiger partial charge on any atom is -0.508 e. The summed E-state index contributed by atoms with van der Waals surface area (Å²) in [4.78, 5) is 59.6. The molecule has 5 atom stereocenters. The molecule has 0 radical (unpaired) electrons. The predicted octanol–water partition coefficient (Wildman–Crippen LogP) is 5.34. The number of carbonyl (C=O) groups excluding carboxylic acids is 4. The number of phenolic OH excluding ortho intramolecular Hbond substituents is 1. The highest BCUT2D eigenvalue weighted by atomic mass is 79.9. The van der Waals surface area contributed by atoms with Crippen molar-refractivity contribution in [3.05, 3.63) is 69.8 Å². The Kier molecular flexibility index (Phi) is 9.67. The van der Waals surface area contributed by atoms with Gasteiger partial charge in [-0.15, -0.1) is 0 Å². The van der Waals surface area contributed by atoms with Crippen molar-refractivity contribution in [2.45, 2.75) is 84.0 Å². The highest BCUT2D eigenvalue weighted by Crippen LogP contribution is 2.41. The Labute approximate surface area is 270 Å². The third-order valence-corrected chi connectivity index (χ3v) is 9.23. The highest BCUT2D eigenvalue weighted by Gasteiger charge is 2.41. The lowest BCUT2D eigenvalue weighted by molar-refractivity contribution is -0.149. The van der Waals surface area contributed by atoms with Gasteiger partial charge in [0.05, 0.1) is 28.9 Å². The highest BCUT2D eigenvalue weighted by molar-refractivity contribution is 9.10. The van der Waals surface area contributed by atoms with Crippen LogP contribution in [-0.2, 0) is 30.3 Å². The molecule has 5 rings (SSSR count). The van der Waals surface area contributed by atoms with Crippen LogP contribution in [0.25, 0.3) is 10.9 Å². The van der Waals surface area contributed by atoms with Gasteiger partial charge in [-0.1, -0.05) is 36.8 Å². The zero-order chi connectivity index (χ0) is 32.4. The SMILES string of the molecule is CC1=CCCC(C)OC(=O)CC(c2ccc(O)cc2)NC(=O)C2Cc3c(Br)[nH]c4cccc(c34)N2C(=O)C(C)NC(=O)C(C)C1. The van der Waals surface area contributed by atoms with E-state index in [0.29, 0.717) is 35.1 Å². The first-order chi connectivity index (χ1) is 21.4. The number of halogens is 1. The zero-order valence-electron chi connectivity index (χ0n) is 25.9. The van der Waals surface area contributed by atoms with Gasteiger partial charge >= 0.3 is 5.97 Å². The molecule has 3 heterocycles. The fourth-order valence-corrected chi connectivity index (χ4v) is 6.74. The van der Waals surface area contributed by atoms with Crippen LogP contribution in [0.5, 0.6) is 5.75 Å². The van der Waals surface area contributed by atoms with E-state index >= 15 is 0 Å². The number of carbonyl (C=O) groups is 4. The molecule has 1 aromatic heterocycles. The maximum Gasteiger partial charge on any atom is 0.308 e. The van der Waals surface area contributed by atoms with Crippen molar-refractivity contribution in [1.82, 2.24) is 15.6 Å². The van der Waals surface area contributed by atoms with E-state index in [1.807, 2.05) is 39.0 Å². The summed E-state index contributed by atoms with van der Waals surface area (Å²) in [5.74, 6) is -1.96. The van der Waals surface area contributed by atoms with Gasteiger partial charge in [0.1, 0.15) is 17.8 Å². The number of nitrogens with one attached hydrogen (secondary N) is 3. The molecule has 2 aliphatic rings. The molecule has 0 saturated heterocycles. The molecular weight excluding hydrogens is 640 g/mol. The molecule has 3 aromatic rings. The second kappa shape index (κ2) is 13.5. The van der Waals surface area contributed by atoms with Crippen LogP contribution in [0, 0.1) is 5.92 Å². The smallest absolute Gasteiger partial charge is 0.308 e. The van der Waals surface area contributed by atoms with Gasteiger partial charge in [-0.2, -0.15) is 0 Å². The monoisotopic (exact) mass is 678 g/mol. The van der Waals surface area contributed by atoms with Crippen LogP contribution < -0.4 is 15.5 Å². The largest absolute Gasteiger partial charge is 0.508 e. The van der Waals surface area contributed by atoms with Crippen molar-refractivity contribution in [2.24, 2.45) is 5.92 Å². The second-order valence-electron chi connectivity index (χ2n) is 12.2. The van der Waals surface area contributed by atoms with Crippen LogP contribution in [0.15, 0.2) is 58.7 Å². The molecule has 10 nitrogen and oxygen atoms in total. The molecule has 0 fully saturated rings. The van der Waals surface area contributed by atoms with E-state index in [0.717, 1.165) is 22.0 Å². The Balaban J connectivity index is 1.56. The maximum absolute atomic E-state index is 14.2. The number of nitrogens with zero attached hydrogens (tertiary/aromatic N) is 1. The number of aromatic amines is 1. The number of aromatic nitrogens is 1. The van der Waals surface area contributed by atoms with E-state index in [-0.39, 0.29) is 36.5 Å². The van der Waals surface area contributed by atoms with E-state index in [1.54, 1.807) is 25.1 Å². The first kappa shape index (κ1) is 32.3. The third-order valence-electron chi connectivity index (χ3n) is 8.55. The van der Waals surface area contributed by atoms with Crippen molar-refractivity contribution in [1.29, 1.82) is 0 Å². The number of cyclic esters (lactones) is 1. The van der Waals surface area contributed by atoms with Crippen molar-refractivity contribution in [3.8, 4) is 5.75 Å². The molecule has 0 spiro atoms. The fraction of sp³-hybridized carbons (Fsp3) is 0.412. The Hall–Kier alpha value is -4.12. The molecule has 4 N–H and O–H groups in total. The molecule has 5 unspecified atom stereocenters. The van der Waals surface area contributed by atoms with Crippen LogP contribution >= 0.6 is 15.9 Å².